The van der Waals surface area contributed by atoms with E-state index < -0.39 is 10.0 Å². The molecule has 1 heterocycles. The molecule has 0 aliphatic carbocycles. The smallest absolute Gasteiger partial charge is 0.246 e. The first-order valence-electron chi connectivity index (χ1n) is 7.05. The third kappa shape index (κ3) is 4.22. The number of aryl methyl sites for hydroxylation is 2. The molecule has 0 atom stereocenters. The highest BCUT2D eigenvalue weighted by Crippen LogP contribution is 2.30. The van der Waals surface area contributed by atoms with Crippen LogP contribution in [0.25, 0.3) is 0 Å². The largest absolute Gasteiger partial charge is 0.465 e. The van der Waals surface area contributed by atoms with Crippen molar-refractivity contribution in [1.82, 2.24) is 9.21 Å². The van der Waals surface area contributed by atoms with Gasteiger partial charge < -0.3 is 9.32 Å². The molecule has 0 fully saturated rings. The quantitative estimate of drug-likeness (QED) is 0.685. The summed E-state index contributed by atoms with van der Waals surface area (Å²) in [6.45, 7) is 7.00. The summed E-state index contributed by atoms with van der Waals surface area (Å²) in [6, 6.07) is 0. The van der Waals surface area contributed by atoms with Crippen molar-refractivity contribution >= 4 is 21.6 Å². The molecule has 0 amide bonds. The molecule has 0 aromatic carbocycles. The van der Waals surface area contributed by atoms with Crippen molar-refractivity contribution in [3.8, 4) is 0 Å². The Kier molecular flexibility index (Phi) is 6.71. The Morgan fingerprint density at radius 1 is 1.10 bits per heavy atom. The van der Waals surface area contributed by atoms with Gasteiger partial charge in [0.2, 0.25) is 10.0 Å². The average molecular weight is 337 g/mol. The second-order valence-electron chi connectivity index (χ2n) is 5.36. The van der Waals surface area contributed by atoms with Gasteiger partial charge in [-0.3, -0.25) is 0 Å². The van der Waals surface area contributed by atoms with Crippen molar-refractivity contribution < 1.29 is 12.8 Å². The highest BCUT2D eigenvalue weighted by atomic mass is 35.5. The molecule has 0 saturated carbocycles. The highest BCUT2D eigenvalue weighted by molar-refractivity contribution is 7.89. The van der Waals surface area contributed by atoms with E-state index in [-0.39, 0.29) is 10.8 Å². The topological polar surface area (TPSA) is 53.8 Å². The van der Waals surface area contributed by atoms with Crippen LogP contribution < -0.4 is 0 Å². The van der Waals surface area contributed by atoms with E-state index in [0.717, 1.165) is 6.42 Å². The summed E-state index contributed by atoms with van der Waals surface area (Å²) in [4.78, 5) is 2.20. The number of hydrogen-bond acceptors (Lipinski definition) is 4. The van der Waals surface area contributed by atoms with Crippen molar-refractivity contribution in [3.05, 3.63) is 17.1 Å². The molecule has 5 nitrogen and oxygen atoms in total. The average Bonchev–Trinajstić information content (AvgIpc) is 2.68. The van der Waals surface area contributed by atoms with Crippen molar-refractivity contribution in [3.63, 3.8) is 0 Å². The molecule has 21 heavy (non-hydrogen) atoms. The fourth-order valence-corrected chi connectivity index (χ4v) is 4.58. The maximum absolute atomic E-state index is 12.9. The number of nitrogens with zero attached hydrogens (tertiary/aromatic N) is 2. The van der Waals surface area contributed by atoms with E-state index in [1.807, 2.05) is 25.9 Å². The first kappa shape index (κ1) is 18.5. The lowest BCUT2D eigenvalue weighted by Crippen LogP contribution is -2.37. The van der Waals surface area contributed by atoms with Crippen molar-refractivity contribution in [2.45, 2.75) is 38.0 Å². The van der Waals surface area contributed by atoms with E-state index in [0.29, 0.717) is 36.7 Å². The Morgan fingerprint density at radius 3 is 2.19 bits per heavy atom. The van der Waals surface area contributed by atoms with Crippen LogP contribution in [-0.4, -0.2) is 51.4 Å². The molecule has 0 saturated heterocycles. The minimum Gasteiger partial charge on any atom is -0.465 e. The van der Waals surface area contributed by atoms with Crippen LogP contribution in [-0.2, 0) is 15.9 Å². The van der Waals surface area contributed by atoms with Gasteiger partial charge in [-0.1, -0.05) is 6.92 Å². The molecule has 0 bridgehead atoms. The Morgan fingerprint density at radius 2 is 1.71 bits per heavy atom. The van der Waals surface area contributed by atoms with Crippen LogP contribution in [0.4, 0.5) is 0 Å². The minimum atomic E-state index is -3.58. The summed E-state index contributed by atoms with van der Waals surface area (Å²) in [5.41, 5.74) is 0.570. The molecule has 0 unspecified atom stereocenters. The van der Waals surface area contributed by atoms with Gasteiger partial charge in [0, 0.05) is 25.2 Å². The van der Waals surface area contributed by atoms with Gasteiger partial charge in [0.15, 0.2) is 0 Å². The molecule has 1 aromatic rings. The van der Waals surface area contributed by atoms with Gasteiger partial charge >= 0.3 is 0 Å². The van der Waals surface area contributed by atoms with Crippen molar-refractivity contribution in [2.24, 2.45) is 0 Å². The van der Waals surface area contributed by atoms with E-state index in [1.165, 1.54) is 4.31 Å². The van der Waals surface area contributed by atoms with Crippen LogP contribution in [0.15, 0.2) is 9.31 Å². The molecule has 0 radical (unpaired) electrons. The van der Waals surface area contributed by atoms with E-state index in [1.54, 1.807) is 13.8 Å². The van der Waals surface area contributed by atoms with Crippen molar-refractivity contribution in [2.75, 3.05) is 33.7 Å². The Balaban J connectivity index is 3.22. The zero-order valence-electron chi connectivity index (χ0n) is 13.4. The van der Waals surface area contributed by atoms with E-state index >= 15 is 0 Å². The molecule has 0 N–H and O–H groups in total. The lowest BCUT2D eigenvalue weighted by molar-refractivity contribution is 0.332. The second-order valence-corrected chi connectivity index (χ2v) is 7.51. The van der Waals surface area contributed by atoms with Crippen LogP contribution in [0.3, 0.4) is 0 Å². The number of halogens is 1. The summed E-state index contributed by atoms with van der Waals surface area (Å²) in [5, 5.41) is 0. The maximum atomic E-state index is 12.9. The third-order valence-corrected chi connectivity index (χ3v) is 5.69. The Labute approximate surface area is 132 Å². The molecule has 0 spiro atoms. The van der Waals surface area contributed by atoms with Gasteiger partial charge in [0.1, 0.15) is 16.4 Å². The summed E-state index contributed by atoms with van der Waals surface area (Å²) in [5.74, 6) is 1.12. The molecule has 0 aliphatic heterocycles. The van der Waals surface area contributed by atoms with Gasteiger partial charge in [-0.2, -0.15) is 4.31 Å². The fourth-order valence-electron chi connectivity index (χ4n) is 2.24. The fraction of sp³-hybridized carbons (Fsp3) is 0.714. The number of rotatable bonds is 8. The van der Waals surface area contributed by atoms with Gasteiger partial charge in [-0.05, 0) is 34.4 Å². The van der Waals surface area contributed by atoms with Gasteiger partial charge in [-0.15, -0.1) is 11.6 Å². The maximum Gasteiger partial charge on any atom is 0.246 e. The predicted octanol–water partition coefficient (Wildman–Crippen LogP) is 2.60. The van der Waals surface area contributed by atoms with Crippen molar-refractivity contribution in [1.29, 1.82) is 0 Å². The lowest BCUT2D eigenvalue weighted by Gasteiger charge is -2.23. The third-order valence-electron chi connectivity index (χ3n) is 3.33. The zero-order chi connectivity index (χ0) is 16.2. The molecule has 7 heteroatoms. The predicted molar refractivity (Wildman–Crippen MR) is 85.3 cm³/mol. The molecule has 122 valence electrons. The molecule has 1 aromatic heterocycles. The number of furan rings is 1. The number of likely N-dealkylation sites (N-methyl/N-ethyl adjacent to an activating group) is 1. The van der Waals surface area contributed by atoms with Crippen LogP contribution in [0.1, 0.15) is 30.4 Å². The zero-order valence-corrected chi connectivity index (χ0v) is 15.0. The van der Waals surface area contributed by atoms with Gasteiger partial charge in [0.05, 0.1) is 5.88 Å². The van der Waals surface area contributed by atoms with Crippen LogP contribution in [0, 0.1) is 13.8 Å². The monoisotopic (exact) mass is 336 g/mol. The van der Waals surface area contributed by atoms with Gasteiger partial charge in [-0.25, -0.2) is 8.42 Å². The summed E-state index contributed by atoms with van der Waals surface area (Å²) >= 11 is 5.91. The molecule has 1 rings (SSSR count). The Hall–Kier alpha value is -0.560. The first-order chi connectivity index (χ1) is 9.75. The minimum absolute atomic E-state index is 0.130. The first-order valence-corrected chi connectivity index (χ1v) is 9.02. The number of sulfonamides is 1. The van der Waals surface area contributed by atoms with Crippen LogP contribution in [0.2, 0.25) is 0 Å². The SMILES string of the molecule is CCCN(CCN(C)C)S(=O)(=O)c1c(C)oc(C)c1CCl. The van der Waals surface area contributed by atoms with E-state index in [9.17, 15) is 8.42 Å². The molecule has 0 aliphatic rings. The summed E-state index contributed by atoms with van der Waals surface area (Å²) in [7, 11) is 0.267. The molecular formula is C14H25ClN2O3S. The van der Waals surface area contributed by atoms with Crippen LogP contribution >= 0.6 is 11.6 Å². The standard InChI is InChI=1S/C14H25ClN2O3S/c1-6-7-17(9-8-16(4)5)21(18,19)14-12(3)20-11(2)13(14)10-15/h6-10H2,1-5H3. The summed E-state index contributed by atoms with van der Waals surface area (Å²) < 4.78 is 32.9. The van der Waals surface area contributed by atoms with E-state index in [4.69, 9.17) is 16.0 Å². The molecular weight excluding hydrogens is 312 g/mol. The normalized spacial score (nSPS) is 12.6. The number of alkyl halides is 1. The van der Waals surface area contributed by atoms with Crippen LogP contribution in [0.5, 0.6) is 0 Å². The number of hydrogen-bond donors (Lipinski definition) is 0. The van der Waals surface area contributed by atoms with E-state index in [2.05, 4.69) is 0 Å². The summed E-state index contributed by atoms with van der Waals surface area (Å²) in [6.07, 6.45) is 0.763. The van der Waals surface area contributed by atoms with Gasteiger partial charge in [0.25, 0.3) is 0 Å². The Bertz CT molecular complexity index is 567. The second kappa shape index (κ2) is 7.63. The highest BCUT2D eigenvalue weighted by Gasteiger charge is 2.31. The lowest BCUT2D eigenvalue weighted by atomic mass is 10.3.